The Bertz CT molecular complexity index is 666. The molecule has 0 radical (unpaired) electrons. The third kappa shape index (κ3) is 3.65. The lowest BCUT2D eigenvalue weighted by atomic mass is 9.93. The van der Waals surface area contributed by atoms with Gasteiger partial charge in [-0.3, -0.25) is 9.36 Å². The molecule has 0 aromatic carbocycles. The quantitative estimate of drug-likeness (QED) is 0.874. The van der Waals surface area contributed by atoms with Crippen LogP contribution < -0.4 is 5.32 Å². The molecule has 3 rings (SSSR count). The van der Waals surface area contributed by atoms with Crippen molar-refractivity contribution in [2.45, 2.75) is 37.8 Å². The molecular weight excluding hydrogens is 298 g/mol. The molecule has 23 heavy (non-hydrogen) atoms. The average Bonchev–Trinajstić information content (AvgIpc) is 3.09. The molecule has 0 spiro atoms. The summed E-state index contributed by atoms with van der Waals surface area (Å²) in [6.07, 6.45) is 8.59. The molecule has 1 fully saturated rings. The number of amides is 1. The fourth-order valence-corrected chi connectivity index (χ4v) is 2.73. The largest absolute Gasteiger partial charge is 0.493 e. The lowest BCUT2D eigenvalue weighted by Crippen LogP contribution is -2.39. The van der Waals surface area contributed by atoms with Gasteiger partial charge in [0, 0.05) is 31.6 Å². The molecule has 2 aromatic heterocycles. The summed E-state index contributed by atoms with van der Waals surface area (Å²) in [5.41, 5.74) is 0.134. The van der Waals surface area contributed by atoms with Crippen molar-refractivity contribution < 1.29 is 14.6 Å². The van der Waals surface area contributed by atoms with Gasteiger partial charge in [0.2, 0.25) is 11.8 Å². The van der Waals surface area contributed by atoms with E-state index in [1.165, 1.54) is 17.0 Å². The minimum atomic E-state index is -0.315. The number of ether oxygens (including phenoxy) is 1. The number of rotatable bonds is 4. The summed E-state index contributed by atoms with van der Waals surface area (Å²) in [6, 6.07) is 1.36. The summed E-state index contributed by atoms with van der Waals surface area (Å²) < 4.78 is 6.85. The summed E-state index contributed by atoms with van der Waals surface area (Å²) in [6.45, 7) is 0. The maximum atomic E-state index is 12.4. The van der Waals surface area contributed by atoms with E-state index in [0.29, 0.717) is 0 Å². The standard InChI is InChI=1S/C15H19N5O3/c1-23-11-4-2-10(3-5-11)17-14(22)12-8-13(21)19-15(18-12)20-7-6-16-9-20/h6-11H,2-5H2,1H3,(H,17,22)(H,18,19,21)/t10-,11-. The lowest BCUT2D eigenvalue weighted by molar-refractivity contribution is 0.0598. The highest BCUT2D eigenvalue weighted by Gasteiger charge is 2.23. The lowest BCUT2D eigenvalue weighted by Gasteiger charge is -2.28. The Morgan fingerprint density at radius 2 is 2.13 bits per heavy atom. The van der Waals surface area contributed by atoms with Crippen molar-refractivity contribution in [1.82, 2.24) is 24.8 Å². The van der Waals surface area contributed by atoms with Gasteiger partial charge in [0.05, 0.1) is 6.10 Å². The van der Waals surface area contributed by atoms with Crippen LogP contribution in [0.15, 0.2) is 24.8 Å². The van der Waals surface area contributed by atoms with Gasteiger partial charge in [0.15, 0.2) is 0 Å². The van der Waals surface area contributed by atoms with Gasteiger partial charge in [-0.25, -0.2) is 9.97 Å². The van der Waals surface area contributed by atoms with E-state index < -0.39 is 0 Å². The number of methoxy groups -OCH3 is 1. The number of carbonyl (C=O) groups excluding carboxylic acids is 1. The van der Waals surface area contributed by atoms with Crippen LogP contribution in [0, 0.1) is 0 Å². The first kappa shape index (κ1) is 15.4. The number of hydrogen-bond acceptors (Lipinski definition) is 6. The SMILES string of the molecule is CO[C@H]1CC[C@H](NC(=O)c2cc(O)nc(-n3ccnc3)n2)CC1. The zero-order chi connectivity index (χ0) is 16.2. The van der Waals surface area contributed by atoms with Crippen molar-refractivity contribution in [1.29, 1.82) is 0 Å². The van der Waals surface area contributed by atoms with Crippen LogP contribution in [0.1, 0.15) is 36.2 Å². The monoisotopic (exact) mass is 317 g/mol. The van der Waals surface area contributed by atoms with Crippen molar-refractivity contribution in [3.05, 3.63) is 30.5 Å². The maximum Gasteiger partial charge on any atom is 0.270 e. The molecule has 8 nitrogen and oxygen atoms in total. The Labute approximate surface area is 133 Å². The van der Waals surface area contributed by atoms with Gasteiger partial charge in [-0.05, 0) is 25.7 Å². The third-order valence-corrected chi connectivity index (χ3v) is 4.01. The predicted octanol–water partition coefficient (Wildman–Crippen LogP) is 1.06. The molecule has 0 bridgehead atoms. The van der Waals surface area contributed by atoms with E-state index in [0.717, 1.165) is 25.7 Å². The summed E-state index contributed by atoms with van der Waals surface area (Å²) >= 11 is 0. The first-order chi connectivity index (χ1) is 11.2. The van der Waals surface area contributed by atoms with Crippen molar-refractivity contribution in [2.24, 2.45) is 0 Å². The fraction of sp³-hybridized carbons (Fsp3) is 0.467. The van der Waals surface area contributed by atoms with E-state index in [1.807, 2.05) is 0 Å². The van der Waals surface area contributed by atoms with E-state index in [2.05, 4.69) is 20.3 Å². The molecule has 0 unspecified atom stereocenters. The molecule has 0 atom stereocenters. The van der Waals surface area contributed by atoms with Crippen LogP contribution in [0.4, 0.5) is 0 Å². The van der Waals surface area contributed by atoms with E-state index in [4.69, 9.17) is 4.74 Å². The number of aromatic hydroxyl groups is 1. The Balaban J connectivity index is 1.70. The molecule has 0 saturated heterocycles. The topological polar surface area (TPSA) is 102 Å². The highest BCUT2D eigenvalue weighted by atomic mass is 16.5. The summed E-state index contributed by atoms with van der Waals surface area (Å²) in [5, 5.41) is 12.7. The van der Waals surface area contributed by atoms with Crippen LogP contribution in [0.3, 0.4) is 0 Å². The molecule has 2 aromatic rings. The van der Waals surface area contributed by atoms with Gasteiger partial charge in [0.1, 0.15) is 12.0 Å². The molecule has 122 valence electrons. The number of hydrogen-bond donors (Lipinski definition) is 2. The second-order valence-corrected chi connectivity index (χ2v) is 5.56. The van der Waals surface area contributed by atoms with Crippen molar-refractivity contribution in [2.75, 3.05) is 7.11 Å². The van der Waals surface area contributed by atoms with E-state index in [1.54, 1.807) is 19.5 Å². The maximum absolute atomic E-state index is 12.4. The summed E-state index contributed by atoms with van der Waals surface area (Å²) in [4.78, 5) is 24.4. The molecule has 2 heterocycles. The first-order valence-electron chi connectivity index (χ1n) is 7.55. The van der Waals surface area contributed by atoms with Gasteiger partial charge >= 0.3 is 0 Å². The number of aromatic nitrogens is 4. The molecule has 1 aliphatic rings. The zero-order valence-corrected chi connectivity index (χ0v) is 12.8. The third-order valence-electron chi connectivity index (χ3n) is 4.01. The van der Waals surface area contributed by atoms with Crippen LogP contribution in [0.5, 0.6) is 5.88 Å². The highest BCUT2D eigenvalue weighted by Crippen LogP contribution is 2.21. The second kappa shape index (κ2) is 6.74. The van der Waals surface area contributed by atoms with Gasteiger partial charge in [-0.2, -0.15) is 4.98 Å². The van der Waals surface area contributed by atoms with Crippen LogP contribution in [-0.2, 0) is 4.74 Å². The van der Waals surface area contributed by atoms with Crippen molar-refractivity contribution >= 4 is 5.91 Å². The highest BCUT2D eigenvalue weighted by molar-refractivity contribution is 5.92. The van der Waals surface area contributed by atoms with Gasteiger partial charge in [0.25, 0.3) is 5.91 Å². The average molecular weight is 317 g/mol. The van der Waals surface area contributed by atoms with E-state index in [9.17, 15) is 9.90 Å². The molecular formula is C15H19N5O3. The smallest absolute Gasteiger partial charge is 0.270 e. The normalized spacial score (nSPS) is 21.1. The molecule has 2 N–H and O–H groups in total. The zero-order valence-electron chi connectivity index (χ0n) is 12.8. The Morgan fingerprint density at radius 3 is 2.78 bits per heavy atom. The Hall–Kier alpha value is -2.48. The summed E-state index contributed by atoms with van der Waals surface area (Å²) in [7, 11) is 1.71. The van der Waals surface area contributed by atoms with Gasteiger partial charge in [-0.15, -0.1) is 0 Å². The van der Waals surface area contributed by atoms with Crippen molar-refractivity contribution in [3.63, 3.8) is 0 Å². The first-order valence-corrected chi connectivity index (χ1v) is 7.55. The Kier molecular flexibility index (Phi) is 4.52. The van der Waals surface area contributed by atoms with Crippen LogP contribution >= 0.6 is 0 Å². The number of carbonyl (C=O) groups is 1. The second-order valence-electron chi connectivity index (χ2n) is 5.56. The van der Waals surface area contributed by atoms with Gasteiger partial charge < -0.3 is 15.2 Å². The van der Waals surface area contributed by atoms with Crippen LogP contribution in [-0.4, -0.2) is 49.8 Å². The molecule has 0 aliphatic heterocycles. The Morgan fingerprint density at radius 1 is 1.35 bits per heavy atom. The molecule has 1 amide bonds. The summed E-state index contributed by atoms with van der Waals surface area (Å²) in [5.74, 6) is -0.363. The van der Waals surface area contributed by atoms with E-state index in [-0.39, 0.29) is 35.6 Å². The van der Waals surface area contributed by atoms with Crippen molar-refractivity contribution in [3.8, 4) is 11.8 Å². The number of nitrogens with one attached hydrogen (secondary N) is 1. The van der Waals surface area contributed by atoms with Crippen LogP contribution in [0.25, 0.3) is 5.95 Å². The van der Waals surface area contributed by atoms with E-state index >= 15 is 0 Å². The van der Waals surface area contributed by atoms with Crippen LogP contribution in [0.2, 0.25) is 0 Å². The number of nitrogens with zero attached hydrogens (tertiary/aromatic N) is 4. The molecule has 8 heteroatoms. The number of imidazole rings is 1. The van der Waals surface area contributed by atoms with Gasteiger partial charge in [-0.1, -0.05) is 0 Å². The minimum Gasteiger partial charge on any atom is -0.493 e. The molecule has 1 aliphatic carbocycles. The molecule has 1 saturated carbocycles. The fourth-order valence-electron chi connectivity index (χ4n) is 2.73. The minimum absolute atomic E-state index is 0.0997. The predicted molar refractivity (Wildman–Crippen MR) is 81.3 cm³/mol.